The zero-order valence-corrected chi connectivity index (χ0v) is 18.7. The van der Waals surface area contributed by atoms with Crippen molar-refractivity contribution < 1.29 is 13.9 Å². The molecule has 2 heterocycles. The van der Waals surface area contributed by atoms with Crippen LogP contribution in [0.4, 0.5) is 10.1 Å². The molecule has 1 saturated heterocycles. The highest BCUT2D eigenvalue weighted by Gasteiger charge is 2.22. The topological polar surface area (TPSA) is 69.0 Å². The Labute approximate surface area is 193 Å². The quantitative estimate of drug-likeness (QED) is 0.464. The normalized spacial score (nSPS) is 15.9. The Bertz CT molecular complexity index is 1070. The third-order valence-electron chi connectivity index (χ3n) is 4.76. The second-order valence-corrected chi connectivity index (χ2v) is 8.81. The van der Waals surface area contributed by atoms with Crippen molar-refractivity contribution in [1.29, 1.82) is 0 Å². The number of hydrogen-bond donors (Lipinski definition) is 1. The minimum atomic E-state index is -0.320. The summed E-state index contributed by atoms with van der Waals surface area (Å²) in [5, 5.41) is 12.8. The molecule has 0 bridgehead atoms. The first-order valence-electron chi connectivity index (χ1n) is 9.68. The van der Waals surface area contributed by atoms with Gasteiger partial charge in [0.1, 0.15) is 5.82 Å². The van der Waals surface area contributed by atoms with Crippen molar-refractivity contribution >= 4 is 46.6 Å². The second-order valence-electron chi connectivity index (χ2n) is 7.02. The van der Waals surface area contributed by atoms with Gasteiger partial charge in [-0.25, -0.2) is 4.39 Å². The van der Waals surface area contributed by atoms with Gasteiger partial charge in [-0.1, -0.05) is 35.0 Å². The van der Waals surface area contributed by atoms with Gasteiger partial charge in [0.2, 0.25) is 5.91 Å². The molecule has 1 aliphatic heterocycles. The fraction of sp³-hybridized carbons (Fsp3) is 0.286. The van der Waals surface area contributed by atoms with Gasteiger partial charge in [0.05, 0.1) is 29.1 Å². The monoisotopic (exact) mass is 480 g/mol. The predicted molar refractivity (Wildman–Crippen MR) is 120 cm³/mol. The first kappa shape index (κ1) is 22.1. The molecule has 0 radical (unpaired) electrons. The van der Waals surface area contributed by atoms with E-state index in [1.54, 1.807) is 30.3 Å². The molecule has 1 N–H and O–H groups in total. The van der Waals surface area contributed by atoms with Gasteiger partial charge in [-0.2, -0.15) is 0 Å². The van der Waals surface area contributed by atoms with E-state index in [-0.39, 0.29) is 23.6 Å². The molecule has 0 saturated carbocycles. The van der Waals surface area contributed by atoms with Crippen LogP contribution in [0.25, 0.3) is 11.4 Å². The van der Waals surface area contributed by atoms with E-state index >= 15 is 0 Å². The van der Waals surface area contributed by atoms with E-state index in [9.17, 15) is 9.18 Å². The minimum Gasteiger partial charge on any atom is -0.376 e. The Morgan fingerprint density at radius 3 is 2.77 bits per heavy atom. The SMILES string of the molecule is O=C(CSc1nnc(-c2ccc(F)cc2)n1C[C@@H]1CCCO1)Nc1cc(Cl)ccc1Cl. The Morgan fingerprint density at radius 1 is 1.23 bits per heavy atom. The number of aromatic nitrogens is 3. The van der Waals surface area contributed by atoms with Gasteiger partial charge >= 0.3 is 0 Å². The molecule has 162 valence electrons. The van der Waals surface area contributed by atoms with Crippen LogP contribution in [-0.4, -0.2) is 39.1 Å². The van der Waals surface area contributed by atoms with Crippen molar-refractivity contribution in [3.8, 4) is 11.4 Å². The summed E-state index contributed by atoms with van der Waals surface area (Å²) in [5.41, 5.74) is 1.20. The maximum Gasteiger partial charge on any atom is 0.234 e. The molecule has 1 atom stereocenters. The standard InChI is InChI=1S/C21H19Cl2FN4O2S/c22-14-5-8-17(23)18(10-14)25-19(29)12-31-21-27-26-20(13-3-6-15(24)7-4-13)28(21)11-16-2-1-9-30-16/h3-8,10,16H,1-2,9,11-12H2,(H,25,29)/t16-/m0/s1. The third kappa shape index (κ3) is 5.57. The molecule has 4 rings (SSSR count). The van der Waals surface area contributed by atoms with Gasteiger partial charge in [-0.15, -0.1) is 10.2 Å². The average molecular weight is 481 g/mol. The number of carbonyl (C=O) groups excluding carboxylic acids is 1. The number of carbonyl (C=O) groups is 1. The Kier molecular flexibility index (Phi) is 7.12. The molecule has 1 fully saturated rings. The molecular formula is C21H19Cl2FN4O2S. The van der Waals surface area contributed by atoms with Gasteiger partial charge in [-0.3, -0.25) is 9.36 Å². The molecule has 1 amide bonds. The lowest BCUT2D eigenvalue weighted by Gasteiger charge is -2.15. The molecule has 0 unspecified atom stereocenters. The van der Waals surface area contributed by atoms with Crippen LogP contribution < -0.4 is 5.32 Å². The van der Waals surface area contributed by atoms with E-state index in [4.69, 9.17) is 27.9 Å². The fourth-order valence-corrected chi connectivity index (χ4v) is 4.36. The maximum absolute atomic E-state index is 13.3. The van der Waals surface area contributed by atoms with Crippen molar-refractivity contribution in [2.24, 2.45) is 0 Å². The first-order chi connectivity index (χ1) is 15.0. The molecule has 0 spiro atoms. The molecule has 0 aliphatic carbocycles. The van der Waals surface area contributed by atoms with Gasteiger partial charge < -0.3 is 10.1 Å². The number of halogens is 3. The van der Waals surface area contributed by atoms with Crippen molar-refractivity contribution in [2.45, 2.75) is 30.6 Å². The van der Waals surface area contributed by atoms with E-state index in [0.717, 1.165) is 25.0 Å². The van der Waals surface area contributed by atoms with Crippen LogP contribution >= 0.6 is 35.0 Å². The molecule has 10 heteroatoms. The summed E-state index contributed by atoms with van der Waals surface area (Å²) >= 11 is 13.3. The zero-order chi connectivity index (χ0) is 21.8. The minimum absolute atomic E-state index is 0.0497. The van der Waals surface area contributed by atoms with Crippen LogP contribution in [0.5, 0.6) is 0 Å². The largest absolute Gasteiger partial charge is 0.376 e. The van der Waals surface area contributed by atoms with Crippen LogP contribution in [0.2, 0.25) is 10.0 Å². The van der Waals surface area contributed by atoms with Crippen molar-refractivity contribution in [3.63, 3.8) is 0 Å². The van der Waals surface area contributed by atoms with E-state index in [2.05, 4.69) is 15.5 Å². The van der Waals surface area contributed by atoms with Crippen molar-refractivity contribution in [1.82, 2.24) is 14.8 Å². The molecule has 2 aromatic carbocycles. The van der Waals surface area contributed by atoms with Crippen LogP contribution in [-0.2, 0) is 16.1 Å². The van der Waals surface area contributed by atoms with Crippen LogP contribution in [0, 0.1) is 5.82 Å². The van der Waals surface area contributed by atoms with Gasteiger partial charge in [0, 0.05) is 17.2 Å². The van der Waals surface area contributed by atoms with Crippen molar-refractivity contribution in [2.75, 3.05) is 17.7 Å². The number of ether oxygens (including phenoxy) is 1. The molecule has 1 aliphatic rings. The number of amides is 1. The van der Waals surface area contributed by atoms with Crippen LogP contribution in [0.1, 0.15) is 12.8 Å². The first-order valence-corrected chi connectivity index (χ1v) is 11.4. The van der Waals surface area contributed by atoms with Gasteiger partial charge in [-0.05, 0) is 55.3 Å². The highest BCUT2D eigenvalue weighted by atomic mass is 35.5. The lowest BCUT2D eigenvalue weighted by Crippen LogP contribution is -2.18. The summed E-state index contributed by atoms with van der Waals surface area (Å²) in [7, 11) is 0. The van der Waals surface area contributed by atoms with Gasteiger partial charge in [0.15, 0.2) is 11.0 Å². The summed E-state index contributed by atoms with van der Waals surface area (Å²) in [5.74, 6) is 0.149. The van der Waals surface area contributed by atoms with E-state index in [1.165, 1.54) is 23.9 Å². The molecule has 31 heavy (non-hydrogen) atoms. The van der Waals surface area contributed by atoms with E-state index in [1.807, 2.05) is 4.57 Å². The number of nitrogens with zero attached hydrogens (tertiary/aromatic N) is 3. The number of rotatable bonds is 7. The number of thioether (sulfide) groups is 1. The highest BCUT2D eigenvalue weighted by Crippen LogP contribution is 2.28. The second kappa shape index (κ2) is 9.99. The number of hydrogen-bond acceptors (Lipinski definition) is 5. The fourth-order valence-electron chi connectivity index (χ4n) is 3.27. The highest BCUT2D eigenvalue weighted by molar-refractivity contribution is 7.99. The van der Waals surface area contributed by atoms with Crippen molar-refractivity contribution in [3.05, 3.63) is 58.3 Å². The predicted octanol–water partition coefficient (Wildman–Crippen LogP) is 5.30. The molecule has 1 aromatic heterocycles. The summed E-state index contributed by atoms with van der Waals surface area (Å²) in [6.45, 7) is 1.29. The third-order valence-corrected chi connectivity index (χ3v) is 6.30. The average Bonchev–Trinajstić information content (AvgIpc) is 3.40. The molecule has 6 nitrogen and oxygen atoms in total. The number of anilines is 1. The van der Waals surface area contributed by atoms with E-state index in [0.29, 0.717) is 33.3 Å². The Morgan fingerprint density at radius 2 is 2.03 bits per heavy atom. The van der Waals surface area contributed by atoms with Gasteiger partial charge in [0.25, 0.3) is 0 Å². The molecular weight excluding hydrogens is 462 g/mol. The number of benzene rings is 2. The summed E-state index contributed by atoms with van der Waals surface area (Å²) in [4.78, 5) is 12.5. The summed E-state index contributed by atoms with van der Waals surface area (Å²) in [6.07, 6.45) is 2.00. The number of nitrogens with one attached hydrogen (secondary N) is 1. The Balaban J connectivity index is 1.50. The lowest BCUT2D eigenvalue weighted by molar-refractivity contribution is -0.113. The maximum atomic E-state index is 13.3. The lowest BCUT2D eigenvalue weighted by atomic mass is 10.2. The Hall–Kier alpha value is -2.13. The zero-order valence-electron chi connectivity index (χ0n) is 16.4. The summed E-state index contributed by atoms with van der Waals surface area (Å²) < 4.78 is 21.0. The van der Waals surface area contributed by atoms with E-state index < -0.39 is 0 Å². The smallest absolute Gasteiger partial charge is 0.234 e. The molecule has 3 aromatic rings. The van der Waals surface area contributed by atoms with Crippen LogP contribution in [0.3, 0.4) is 0 Å². The summed E-state index contributed by atoms with van der Waals surface area (Å²) in [6, 6.07) is 11.0. The van der Waals surface area contributed by atoms with Crippen LogP contribution in [0.15, 0.2) is 47.6 Å².